The van der Waals surface area contributed by atoms with Gasteiger partial charge in [-0.1, -0.05) is 18.1 Å². The summed E-state index contributed by atoms with van der Waals surface area (Å²) in [5.74, 6) is 1.34. The summed E-state index contributed by atoms with van der Waals surface area (Å²) < 4.78 is 1.87. The van der Waals surface area contributed by atoms with Gasteiger partial charge in [-0.2, -0.15) is 10.2 Å². The third-order valence-corrected chi connectivity index (χ3v) is 8.49. The van der Waals surface area contributed by atoms with Gasteiger partial charge in [0, 0.05) is 37.4 Å². The smallest absolute Gasteiger partial charge is 0.272 e. The summed E-state index contributed by atoms with van der Waals surface area (Å²) in [5, 5.41) is 12.1. The summed E-state index contributed by atoms with van der Waals surface area (Å²) in [5.41, 5.74) is 5.95. The normalized spacial score (nSPS) is 30.0. The maximum atomic E-state index is 13.7. The topological polar surface area (TPSA) is 70.1 Å². The Morgan fingerprint density at radius 3 is 2.88 bits per heavy atom. The minimum Gasteiger partial charge on any atom is -0.330 e. The van der Waals surface area contributed by atoms with Crippen molar-refractivity contribution in [2.45, 2.75) is 64.5 Å². The molecule has 3 aliphatic heterocycles. The number of aromatic nitrogens is 4. The molecule has 0 saturated carbocycles. The molecule has 3 saturated heterocycles. The summed E-state index contributed by atoms with van der Waals surface area (Å²) in [7, 11) is 1.94. The Labute approximate surface area is 189 Å². The van der Waals surface area contributed by atoms with Crippen molar-refractivity contribution in [1.82, 2.24) is 29.8 Å². The van der Waals surface area contributed by atoms with E-state index in [4.69, 9.17) is 0 Å². The number of hydrogen-bond acceptors (Lipinski definition) is 4. The van der Waals surface area contributed by atoms with E-state index in [0.29, 0.717) is 17.5 Å². The zero-order chi connectivity index (χ0) is 22.0. The molecule has 7 nitrogen and oxygen atoms in total. The number of piperidine rings is 3. The molecular weight excluding hydrogens is 400 g/mol. The van der Waals surface area contributed by atoms with E-state index in [2.05, 4.69) is 31.2 Å². The number of H-pyrrole nitrogens is 1. The zero-order valence-corrected chi connectivity index (χ0v) is 19.5. The predicted molar refractivity (Wildman–Crippen MR) is 123 cm³/mol. The molecule has 2 aromatic rings. The van der Waals surface area contributed by atoms with Crippen LogP contribution in [-0.4, -0.2) is 67.4 Å². The number of amides is 1. The van der Waals surface area contributed by atoms with E-state index in [9.17, 15) is 4.79 Å². The van der Waals surface area contributed by atoms with Crippen molar-refractivity contribution in [3.05, 3.63) is 34.8 Å². The largest absolute Gasteiger partial charge is 0.330 e. The van der Waals surface area contributed by atoms with Crippen LogP contribution in [0.3, 0.4) is 0 Å². The summed E-state index contributed by atoms with van der Waals surface area (Å²) >= 11 is 0. The summed E-state index contributed by atoms with van der Waals surface area (Å²) in [6, 6.07) is 2.91. The fourth-order valence-corrected chi connectivity index (χ4v) is 7.06. The molecule has 170 valence electrons. The molecule has 4 aliphatic rings. The highest BCUT2D eigenvalue weighted by Gasteiger charge is 2.47. The Morgan fingerprint density at radius 1 is 1.19 bits per heavy atom. The van der Waals surface area contributed by atoms with E-state index in [0.717, 1.165) is 54.6 Å². The summed E-state index contributed by atoms with van der Waals surface area (Å²) in [4.78, 5) is 18.6. The van der Waals surface area contributed by atoms with Crippen molar-refractivity contribution in [2.24, 2.45) is 18.9 Å². The van der Waals surface area contributed by atoms with E-state index in [1.54, 1.807) is 0 Å². The van der Waals surface area contributed by atoms with E-state index in [-0.39, 0.29) is 11.9 Å². The molecule has 4 atom stereocenters. The van der Waals surface area contributed by atoms with Gasteiger partial charge < -0.3 is 4.90 Å². The average molecular weight is 435 g/mol. The number of nitrogens with one attached hydrogen (secondary N) is 1. The van der Waals surface area contributed by atoms with Crippen molar-refractivity contribution < 1.29 is 4.79 Å². The minimum atomic E-state index is 0.0952. The first-order valence-electron chi connectivity index (χ1n) is 12.3. The van der Waals surface area contributed by atoms with E-state index in [1.807, 2.05) is 31.6 Å². The molecule has 1 aliphatic carbocycles. The molecular formula is C25H34N6O. The fraction of sp³-hybridized carbons (Fsp3) is 0.640. The van der Waals surface area contributed by atoms with Crippen molar-refractivity contribution in [1.29, 1.82) is 0 Å². The second-order valence-electron chi connectivity index (χ2n) is 10.3. The first-order chi connectivity index (χ1) is 15.5. The van der Waals surface area contributed by atoms with Crippen molar-refractivity contribution in [2.75, 3.05) is 19.6 Å². The number of fused-ring (bicyclic) bond motifs is 6. The van der Waals surface area contributed by atoms with Gasteiger partial charge in [0.05, 0.1) is 17.4 Å². The van der Waals surface area contributed by atoms with Crippen LogP contribution in [0.1, 0.15) is 60.4 Å². The van der Waals surface area contributed by atoms with Gasteiger partial charge in [0.15, 0.2) is 0 Å². The highest BCUT2D eigenvalue weighted by molar-refractivity contribution is 5.94. The SMILES string of the molecule is Cc1nn(C)c(C)c1-c1cc(C(=O)N2CCCC3=CC4CC(CN5CCCCC45)C32)[nH]n1. The lowest BCUT2D eigenvalue weighted by Crippen LogP contribution is -2.60. The maximum absolute atomic E-state index is 13.7. The molecule has 1 N–H and O–H groups in total. The lowest BCUT2D eigenvalue weighted by molar-refractivity contribution is 0.00131. The molecule has 3 fully saturated rings. The van der Waals surface area contributed by atoms with Crippen molar-refractivity contribution in [3.8, 4) is 11.3 Å². The van der Waals surface area contributed by atoms with Crippen molar-refractivity contribution in [3.63, 3.8) is 0 Å². The number of hydrogen-bond donors (Lipinski definition) is 1. The Hall–Kier alpha value is -2.41. The second-order valence-corrected chi connectivity index (χ2v) is 10.3. The van der Waals surface area contributed by atoms with E-state index >= 15 is 0 Å². The standard InChI is InChI=1S/C25H34N6O/c1-15-23(16(2)29(3)28-15)20-13-21(27-26-20)25(32)31-10-6-7-17-11-18-12-19(24(17)31)14-30-9-5-4-8-22(18)30/h11,13,18-19,22,24H,4-10,12,14H2,1-3H3,(H,26,27). The number of aryl methyl sites for hydroxylation is 2. The van der Waals surface area contributed by atoms with Crippen LogP contribution in [0.4, 0.5) is 0 Å². The van der Waals surface area contributed by atoms with E-state index < -0.39 is 0 Å². The highest BCUT2D eigenvalue weighted by atomic mass is 16.2. The molecule has 2 bridgehead atoms. The minimum absolute atomic E-state index is 0.0952. The first-order valence-corrected chi connectivity index (χ1v) is 12.3. The third kappa shape index (κ3) is 3.08. The van der Waals surface area contributed by atoms with E-state index in [1.165, 1.54) is 37.8 Å². The number of aromatic amines is 1. The molecule has 4 unspecified atom stereocenters. The molecule has 0 spiro atoms. The van der Waals surface area contributed by atoms with Crippen LogP contribution < -0.4 is 0 Å². The molecule has 7 heteroatoms. The molecule has 32 heavy (non-hydrogen) atoms. The van der Waals surface area contributed by atoms with Gasteiger partial charge in [0.25, 0.3) is 5.91 Å². The highest BCUT2D eigenvalue weighted by Crippen LogP contribution is 2.45. The Balaban J connectivity index is 1.29. The average Bonchev–Trinajstić information content (AvgIpc) is 3.37. The van der Waals surface area contributed by atoms with Crippen molar-refractivity contribution >= 4 is 5.91 Å². The summed E-state index contributed by atoms with van der Waals surface area (Å²) in [6.07, 6.45) is 10.1. The van der Waals surface area contributed by atoms with Crippen LogP contribution in [0.5, 0.6) is 0 Å². The number of rotatable bonds is 2. The zero-order valence-electron chi connectivity index (χ0n) is 19.5. The Kier molecular flexibility index (Phi) is 4.79. The van der Waals surface area contributed by atoms with Crippen LogP contribution in [0.2, 0.25) is 0 Å². The van der Waals surface area contributed by atoms with Gasteiger partial charge in [0.2, 0.25) is 0 Å². The van der Waals surface area contributed by atoms with Crippen LogP contribution in [0.25, 0.3) is 11.3 Å². The van der Waals surface area contributed by atoms with Crippen LogP contribution >= 0.6 is 0 Å². The molecule has 0 aromatic carbocycles. The lowest BCUT2D eigenvalue weighted by atomic mass is 9.68. The Morgan fingerprint density at radius 2 is 2.06 bits per heavy atom. The first kappa shape index (κ1) is 20.2. The van der Waals surface area contributed by atoms with Crippen LogP contribution in [-0.2, 0) is 7.05 Å². The number of carbonyl (C=O) groups is 1. The van der Waals surface area contributed by atoms with Gasteiger partial charge in [-0.25, -0.2) is 0 Å². The van der Waals surface area contributed by atoms with Crippen LogP contribution in [0.15, 0.2) is 17.7 Å². The van der Waals surface area contributed by atoms with Gasteiger partial charge in [-0.05, 0) is 70.4 Å². The quantitative estimate of drug-likeness (QED) is 0.735. The van der Waals surface area contributed by atoms with Gasteiger partial charge in [0.1, 0.15) is 5.69 Å². The van der Waals surface area contributed by atoms with Gasteiger partial charge in [-0.3, -0.25) is 19.5 Å². The molecule has 2 aromatic heterocycles. The fourth-order valence-electron chi connectivity index (χ4n) is 7.06. The van der Waals surface area contributed by atoms with Gasteiger partial charge in [-0.15, -0.1) is 0 Å². The molecule has 1 amide bonds. The molecule has 0 radical (unpaired) electrons. The second kappa shape index (κ2) is 7.58. The lowest BCUT2D eigenvalue weighted by Gasteiger charge is -2.54. The molecule has 5 heterocycles. The predicted octanol–water partition coefficient (Wildman–Crippen LogP) is 3.46. The maximum Gasteiger partial charge on any atom is 0.272 e. The van der Waals surface area contributed by atoms with Crippen LogP contribution in [0, 0.1) is 25.7 Å². The van der Waals surface area contributed by atoms with Gasteiger partial charge >= 0.3 is 0 Å². The number of carbonyl (C=O) groups excluding carboxylic acids is 1. The molecule has 6 rings (SSSR count). The number of likely N-dealkylation sites (tertiary alicyclic amines) is 1. The monoisotopic (exact) mass is 434 g/mol. The Bertz CT molecular complexity index is 1080. The summed E-state index contributed by atoms with van der Waals surface area (Å²) in [6.45, 7) is 7.26. The third-order valence-electron chi connectivity index (χ3n) is 8.49. The number of nitrogens with zero attached hydrogens (tertiary/aromatic N) is 5.